The van der Waals surface area contributed by atoms with Crippen LogP contribution in [0.25, 0.3) is 0 Å². The van der Waals surface area contributed by atoms with Crippen molar-refractivity contribution in [3.63, 3.8) is 0 Å². The molecule has 3 unspecified atom stereocenters. The van der Waals surface area contributed by atoms with E-state index in [0.29, 0.717) is 6.04 Å². The molecule has 0 aliphatic heterocycles. The molecule has 1 aliphatic rings. The lowest BCUT2D eigenvalue weighted by molar-refractivity contribution is 0.495. The lowest BCUT2D eigenvalue weighted by atomic mass is 10.2. The lowest BCUT2D eigenvalue weighted by Crippen LogP contribution is -2.30. The molecule has 0 aromatic carbocycles. The molecule has 2 nitrogen and oxygen atoms in total. The molecule has 0 radical (unpaired) electrons. The van der Waals surface area contributed by atoms with Gasteiger partial charge in [0.15, 0.2) is 0 Å². The van der Waals surface area contributed by atoms with E-state index >= 15 is 0 Å². The van der Waals surface area contributed by atoms with Crippen molar-refractivity contribution in [2.24, 2.45) is 11.8 Å². The summed E-state index contributed by atoms with van der Waals surface area (Å²) < 4.78 is 0. The van der Waals surface area contributed by atoms with E-state index in [0.717, 1.165) is 24.9 Å². The van der Waals surface area contributed by atoms with Crippen molar-refractivity contribution >= 4 is 0 Å². The highest BCUT2D eigenvalue weighted by Crippen LogP contribution is 2.36. The highest BCUT2D eigenvalue weighted by Gasteiger charge is 2.31. The van der Waals surface area contributed by atoms with Crippen LogP contribution in [0.4, 0.5) is 0 Å². The molecule has 2 heteroatoms. The highest BCUT2D eigenvalue weighted by atomic mass is 14.9. The van der Waals surface area contributed by atoms with Crippen LogP contribution in [0, 0.1) is 11.8 Å². The molecule has 2 N–H and O–H groups in total. The zero-order chi connectivity index (χ0) is 9.68. The van der Waals surface area contributed by atoms with Crippen LogP contribution in [0.2, 0.25) is 0 Å². The summed E-state index contributed by atoms with van der Waals surface area (Å²) >= 11 is 0. The van der Waals surface area contributed by atoms with Crippen molar-refractivity contribution in [3.8, 4) is 0 Å². The quantitative estimate of drug-likeness (QED) is 0.588. The molecule has 1 saturated carbocycles. The maximum Gasteiger partial charge on any atom is 0.00506 e. The van der Waals surface area contributed by atoms with Crippen molar-refractivity contribution < 1.29 is 0 Å². The third-order valence-electron chi connectivity index (χ3n) is 2.99. The van der Waals surface area contributed by atoms with Crippen LogP contribution >= 0.6 is 0 Å². The summed E-state index contributed by atoms with van der Waals surface area (Å²) in [4.78, 5) is 0. The molecule has 0 spiro atoms. The fourth-order valence-corrected chi connectivity index (χ4v) is 1.74. The lowest BCUT2D eigenvalue weighted by Gasteiger charge is -2.12. The normalized spacial score (nSPS) is 28.8. The third-order valence-corrected chi connectivity index (χ3v) is 2.99. The second-order valence-corrected chi connectivity index (χ2v) is 4.42. The van der Waals surface area contributed by atoms with Crippen LogP contribution in [0.5, 0.6) is 0 Å². The van der Waals surface area contributed by atoms with Crippen molar-refractivity contribution in [2.75, 3.05) is 19.6 Å². The Balaban J connectivity index is 1.83. The van der Waals surface area contributed by atoms with Crippen LogP contribution in [0.3, 0.4) is 0 Å². The number of hydrogen-bond donors (Lipinski definition) is 2. The molecule has 13 heavy (non-hydrogen) atoms. The first-order valence-electron chi connectivity index (χ1n) is 5.68. The van der Waals surface area contributed by atoms with Crippen molar-refractivity contribution in [2.45, 2.75) is 39.7 Å². The van der Waals surface area contributed by atoms with Crippen molar-refractivity contribution in [1.29, 1.82) is 0 Å². The minimum atomic E-state index is 0.661. The predicted octanol–water partition coefficient (Wildman–Crippen LogP) is 1.62. The van der Waals surface area contributed by atoms with Gasteiger partial charge in [0.25, 0.3) is 0 Å². The van der Waals surface area contributed by atoms with Crippen molar-refractivity contribution in [3.05, 3.63) is 0 Å². The van der Waals surface area contributed by atoms with E-state index in [2.05, 4.69) is 31.4 Å². The summed E-state index contributed by atoms with van der Waals surface area (Å²) in [5.41, 5.74) is 0. The van der Waals surface area contributed by atoms with Gasteiger partial charge in [-0.05, 0) is 51.2 Å². The Hall–Kier alpha value is -0.0800. The maximum atomic E-state index is 3.53. The van der Waals surface area contributed by atoms with E-state index in [-0.39, 0.29) is 0 Å². The van der Waals surface area contributed by atoms with Gasteiger partial charge >= 0.3 is 0 Å². The van der Waals surface area contributed by atoms with E-state index < -0.39 is 0 Å². The number of nitrogens with one attached hydrogen (secondary N) is 2. The van der Waals surface area contributed by atoms with Crippen LogP contribution < -0.4 is 10.6 Å². The molecular weight excluding hydrogens is 160 g/mol. The van der Waals surface area contributed by atoms with E-state index in [1.54, 1.807) is 0 Å². The minimum absolute atomic E-state index is 0.661. The fraction of sp³-hybridized carbons (Fsp3) is 1.00. The summed E-state index contributed by atoms with van der Waals surface area (Å²) in [6.07, 6.45) is 2.69. The Kier molecular flexibility index (Phi) is 4.74. The smallest absolute Gasteiger partial charge is 0.00506 e. The second kappa shape index (κ2) is 5.61. The Morgan fingerprint density at radius 3 is 2.69 bits per heavy atom. The molecule has 0 heterocycles. The van der Waals surface area contributed by atoms with Gasteiger partial charge in [0.2, 0.25) is 0 Å². The fourth-order valence-electron chi connectivity index (χ4n) is 1.74. The largest absolute Gasteiger partial charge is 0.316 e. The standard InChI is InChI=1S/C11H24N2/c1-4-13-10(3)5-6-12-8-11-7-9(11)2/h9-13H,4-8H2,1-3H3. The monoisotopic (exact) mass is 184 g/mol. The van der Waals surface area contributed by atoms with E-state index in [9.17, 15) is 0 Å². The summed E-state index contributed by atoms with van der Waals surface area (Å²) in [5, 5.41) is 6.95. The summed E-state index contributed by atoms with van der Waals surface area (Å²) in [6.45, 7) is 10.2. The molecule has 0 aromatic rings. The third kappa shape index (κ3) is 4.63. The molecule has 1 fully saturated rings. The molecule has 1 aliphatic carbocycles. The first kappa shape index (κ1) is 11.0. The summed E-state index contributed by atoms with van der Waals surface area (Å²) in [7, 11) is 0. The highest BCUT2D eigenvalue weighted by molar-refractivity contribution is 4.83. The number of hydrogen-bond acceptors (Lipinski definition) is 2. The average Bonchev–Trinajstić information content (AvgIpc) is 2.77. The summed E-state index contributed by atoms with van der Waals surface area (Å²) in [5.74, 6) is 1.97. The van der Waals surface area contributed by atoms with E-state index in [1.165, 1.54) is 19.4 Å². The molecule has 1 rings (SSSR count). The van der Waals surface area contributed by atoms with E-state index in [1.807, 2.05) is 0 Å². The molecule has 78 valence electrons. The van der Waals surface area contributed by atoms with Gasteiger partial charge in [-0.25, -0.2) is 0 Å². The maximum absolute atomic E-state index is 3.53. The summed E-state index contributed by atoms with van der Waals surface area (Å²) in [6, 6.07) is 0.661. The average molecular weight is 184 g/mol. The van der Waals surface area contributed by atoms with Crippen LogP contribution in [0.15, 0.2) is 0 Å². The Bertz CT molecular complexity index is 136. The van der Waals surface area contributed by atoms with Gasteiger partial charge in [-0.1, -0.05) is 13.8 Å². The predicted molar refractivity (Wildman–Crippen MR) is 57.9 cm³/mol. The number of rotatable bonds is 7. The SMILES string of the molecule is CCNC(C)CCNCC1CC1C. The Labute approximate surface area is 82.5 Å². The minimum Gasteiger partial charge on any atom is -0.316 e. The molecule has 0 amide bonds. The Morgan fingerprint density at radius 1 is 1.46 bits per heavy atom. The van der Waals surface area contributed by atoms with Crippen LogP contribution in [-0.4, -0.2) is 25.7 Å². The van der Waals surface area contributed by atoms with Crippen LogP contribution in [0.1, 0.15) is 33.6 Å². The zero-order valence-electron chi connectivity index (χ0n) is 9.27. The second-order valence-electron chi connectivity index (χ2n) is 4.42. The van der Waals surface area contributed by atoms with Gasteiger partial charge in [-0.15, -0.1) is 0 Å². The van der Waals surface area contributed by atoms with E-state index in [4.69, 9.17) is 0 Å². The molecular formula is C11H24N2. The zero-order valence-corrected chi connectivity index (χ0v) is 9.27. The van der Waals surface area contributed by atoms with Gasteiger partial charge < -0.3 is 10.6 Å². The molecule has 3 atom stereocenters. The topological polar surface area (TPSA) is 24.1 Å². The van der Waals surface area contributed by atoms with Crippen LogP contribution in [-0.2, 0) is 0 Å². The molecule has 0 bridgehead atoms. The first-order chi connectivity index (χ1) is 6.24. The van der Waals surface area contributed by atoms with Crippen molar-refractivity contribution in [1.82, 2.24) is 10.6 Å². The molecule has 0 saturated heterocycles. The van der Waals surface area contributed by atoms with Gasteiger partial charge in [-0.2, -0.15) is 0 Å². The van der Waals surface area contributed by atoms with Gasteiger partial charge in [0, 0.05) is 6.04 Å². The first-order valence-corrected chi connectivity index (χ1v) is 5.68. The van der Waals surface area contributed by atoms with Gasteiger partial charge in [0.1, 0.15) is 0 Å². The Morgan fingerprint density at radius 2 is 2.15 bits per heavy atom. The van der Waals surface area contributed by atoms with Gasteiger partial charge in [-0.3, -0.25) is 0 Å². The van der Waals surface area contributed by atoms with Gasteiger partial charge in [0.05, 0.1) is 0 Å². The molecule has 0 aromatic heterocycles.